The molecule has 1 aliphatic heterocycles. The number of Topliss-reactive ketones (excluding diaryl/α,β-unsaturated/α-hetero) is 1. The lowest BCUT2D eigenvalue weighted by atomic mass is 9.93. The molecule has 1 unspecified atom stereocenters. The molecule has 0 aliphatic carbocycles. The number of carbonyl (C=O) groups excluding carboxylic acids is 2. The number of benzene rings is 3. The van der Waals surface area contributed by atoms with Crippen molar-refractivity contribution in [1.29, 1.82) is 0 Å². The Labute approximate surface area is 232 Å². The normalized spacial score (nSPS) is 16.9. The summed E-state index contributed by atoms with van der Waals surface area (Å²) < 4.78 is 6.69. The summed E-state index contributed by atoms with van der Waals surface area (Å²) in [5.41, 5.74) is 3.83. The topological polar surface area (TPSA) is 83.0 Å². The van der Waals surface area contributed by atoms with Crippen molar-refractivity contribution in [2.24, 2.45) is 0 Å². The Morgan fingerprint density at radius 2 is 1.79 bits per heavy atom. The quantitative estimate of drug-likeness (QED) is 0.163. The molecule has 5 rings (SSSR count). The van der Waals surface area contributed by atoms with Crippen LogP contribution in [0.2, 0.25) is 0 Å². The molecule has 1 N–H and O–H groups in total. The third-order valence-electron chi connectivity index (χ3n) is 6.86. The first-order valence-corrected chi connectivity index (χ1v) is 13.7. The van der Waals surface area contributed by atoms with Gasteiger partial charge in [-0.25, -0.2) is 4.98 Å². The van der Waals surface area contributed by atoms with Crippen LogP contribution >= 0.6 is 11.3 Å². The van der Waals surface area contributed by atoms with E-state index >= 15 is 0 Å². The van der Waals surface area contributed by atoms with E-state index in [1.807, 2.05) is 94.4 Å². The molecule has 0 bridgehead atoms. The Morgan fingerprint density at radius 1 is 1.08 bits per heavy atom. The number of fused-ring (bicyclic) bond motifs is 1. The van der Waals surface area contributed by atoms with Crippen LogP contribution in [-0.2, 0) is 9.59 Å². The first kappa shape index (κ1) is 26.4. The average Bonchev–Trinajstić information content (AvgIpc) is 3.47. The van der Waals surface area contributed by atoms with Gasteiger partial charge in [0.2, 0.25) is 0 Å². The van der Waals surface area contributed by atoms with Crippen LogP contribution in [0.15, 0.2) is 72.3 Å². The smallest absolute Gasteiger partial charge is 0.301 e. The van der Waals surface area contributed by atoms with Crippen molar-refractivity contribution in [3.63, 3.8) is 0 Å². The van der Waals surface area contributed by atoms with Crippen molar-refractivity contribution in [3.8, 4) is 5.75 Å². The van der Waals surface area contributed by atoms with Crippen LogP contribution in [0.5, 0.6) is 5.75 Å². The lowest BCUT2D eigenvalue weighted by molar-refractivity contribution is -0.132. The van der Waals surface area contributed by atoms with E-state index in [9.17, 15) is 14.7 Å². The number of ether oxygens (including phenoxy) is 1. The number of thiazole rings is 1. The molecule has 0 radical (unpaired) electrons. The molecule has 2 heterocycles. The van der Waals surface area contributed by atoms with Gasteiger partial charge in [-0.05, 0) is 66.4 Å². The lowest BCUT2D eigenvalue weighted by Gasteiger charge is -2.24. The van der Waals surface area contributed by atoms with Gasteiger partial charge in [0.05, 0.1) is 28.4 Å². The molecule has 7 nitrogen and oxygen atoms in total. The molecule has 1 atom stereocenters. The number of amides is 1. The molecular weight excluding hydrogens is 510 g/mol. The molecule has 1 aliphatic rings. The minimum atomic E-state index is -0.837. The summed E-state index contributed by atoms with van der Waals surface area (Å²) in [4.78, 5) is 35.2. The lowest BCUT2D eigenvalue weighted by Crippen LogP contribution is -2.29. The van der Waals surface area contributed by atoms with Gasteiger partial charge in [-0.2, -0.15) is 0 Å². The van der Waals surface area contributed by atoms with Crippen LogP contribution in [0.3, 0.4) is 0 Å². The van der Waals surface area contributed by atoms with Gasteiger partial charge >= 0.3 is 5.91 Å². The Hall–Kier alpha value is -4.17. The number of carbonyl (C=O) groups is 2. The number of para-hydroxylation sites is 1. The first-order chi connectivity index (χ1) is 18.7. The Kier molecular flexibility index (Phi) is 7.14. The number of aromatic nitrogens is 1. The molecule has 1 amide bonds. The molecule has 1 saturated heterocycles. The molecule has 39 heavy (non-hydrogen) atoms. The van der Waals surface area contributed by atoms with E-state index in [0.29, 0.717) is 22.9 Å². The monoisotopic (exact) mass is 541 g/mol. The third kappa shape index (κ3) is 4.76. The molecule has 3 aromatic carbocycles. The molecule has 0 saturated carbocycles. The zero-order valence-corrected chi connectivity index (χ0v) is 23.5. The van der Waals surface area contributed by atoms with Crippen LogP contribution in [-0.4, -0.2) is 42.5 Å². The first-order valence-electron chi connectivity index (χ1n) is 12.9. The Morgan fingerprint density at radius 3 is 2.44 bits per heavy atom. The van der Waals surface area contributed by atoms with Crippen LogP contribution in [0, 0.1) is 0 Å². The van der Waals surface area contributed by atoms with Crippen molar-refractivity contribution in [2.45, 2.75) is 32.7 Å². The van der Waals surface area contributed by atoms with Gasteiger partial charge in [-0.15, -0.1) is 0 Å². The molecular formula is C31H31N3O4S. The van der Waals surface area contributed by atoms with Gasteiger partial charge in [0, 0.05) is 25.3 Å². The van der Waals surface area contributed by atoms with Gasteiger partial charge in [0.25, 0.3) is 5.78 Å². The summed E-state index contributed by atoms with van der Waals surface area (Å²) in [6.07, 6.45) is 0. The van der Waals surface area contributed by atoms with Crippen LogP contribution in [0.25, 0.3) is 16.0 Å². The molecule has 4 aromatic rings. The van der Waals surface area contributed by atoms with Gasteiger partial charge in [0.15, 0.2) is 5.13 Å². The largest absolute Gasteiger partial charge is 0.507 e. The summed E-state index contributed by atoms with van der Waals surface area (Å²) in [5, 5.41) is 12.0. The zero-order valence-electron chi connectivity index (χ0n) is 22.6. The highest BCUT2D eigenvalue weighted by Crippen LogP contribution is 2.45. The summed E-state index contributed by atoms with van der Waals surface area (Å²) in [6, 6.07) is 19.8. The molecule has 1 aromatic heterocycles. The number of aliphatic hydroxyl groups is 1. The number of anilines is 2. The maximum Gasteiger partial charge on any atom is 0.301 e. The summed E-state index contributed by atoms with van der Waals surface area (Å²) in [5.74, 6) is -0.821. The maximum absolute atomic E-state index is 13.6. The number of aliphatic hydroxyl groups excluding tert-OH is 1. The average molecular weight is 542 g/mol. The summed E-state index contributed by atoms with van der Waals surface area (Å²) in [6.45, 7) is 6.52. The van der Waals surface area contributed by atoms with E-state index < -0.39 is 17.7 Å². The van der Waals surface area contributed by atoms with E-state index in [-0.39, 0.29) is 17.3 Å². The molecule has 1 fully saturated rings. The number of nitrogens with zero attached hydrogens (tertiary/aromatic N) is 3. The second-order valence-corrected chi connectivity index (χ2v) is 11.0. The summed E-state index contributed by atoms with van der Waals surface area (Å²) >= 11 is 1.34. The number of hydrogen-bond donors (Lipinski definition) is 1. The van der Waals surface area contributed by atoms with Crippen molar-refractivity contribution in [3.05, 3.63) is 89.0 Å². The van der Waals surface area contributed by atoms with Gasteiger partial charge in [0.1, 0.15) is 11.5 Å². The highest BCUT2D eigenvalue weighted by molar-refractivity contribution is 7.22. The number of hydrogen-bond acceptors (Lipinski definition) is 7. The predicted molar refractivity (Wildman–Crippen MR) is 157 cm³/mol. The minimum absolute atomic E-state index is 0.0377. The van der Waals surface area contributed by atoms with Crippen molar-refractivity contribution in [1.82, 2.24) is 4.98 Å². The molecule has 8 heteroatoms. The number of rotatable bonds is 7. The zero-order chi connectivity index (χ0) is 27.8. The fourth-order valence-corrected chi connectivity index (χ4v) is 5.84. The van der Waals surface area contributed by atoms with Gasteiger partial charge in [-0.1, -0.05) is 49.4 Å². The minimum Gasteiger partial charge on any atom is -0.507 e. The van der Waals surface area contributed by atoms with E-state index in [2.05, 4.69) is 4.98 Å². The Balaban J connectivity index is 1.70. The Bertz CT molecular complexity index is 1550. The van der Waals surface area contributed by atoms with Gasteiger partial charge < -0.3 is 14.7 Å². The second kappa shape index (κ2) is 10.5. The van der Waals surface area contributed by atoms with E-state index in [0.717, 1.165) is 27.2 Å². The second-order valence-electron chi connectivity index (χ2n) is 9.96. The summed E-state index contributed by atoms with van der Waals surface area (Å²) in [7, 11) is 3.89. The number of ketones is 1. The van der Waals surface area contributed by atoms with Crippen LogP contribution in [0.4, 0.5) is 10.8 Å². The van der Waals surface area contributed by atoms with Crippen molar-refractivity contribution >= 4 is 49.8 Å². The van der Waals surface area contributed by atoms with Crippen molar-refractivity contribution < 1.29 is 19.4 Å². The van der Waals surface area contributed by atoms with E-state index in [4.69, 9.17) is 4.74 Å². The maximum atomic E-state index is 13.6. The van der Waals surface area contributed by atoms with E-state index in [1.165, 1.54) is 16.2 Å². The fraction of sp³-hybridized carbons (Fsp3) is 0.258. The van der Waals surface area contributed by atoms with Gasteiger partial charge in [-0.3, -0.25) is 14.5 Å². The van der Waals surface area contributed by atoms with Crippen molar-refractivity contribution in [2.75, 3.05) is 30.5 Å². The van der Waals surface area contributed by atoms with Crippen LogP contribution in [0.1, 0.15) is 49.4 Å². The van der Waals surface area contributed by atoms with E-state index in [1.54, 1.807) is 12.1 Å². The molecule has 0 spiro atoms. The molecule has 200 valence electrons. The highest BCUT2D eigenvalue weighted by atomic mass is 32.1. The predicted octanol–water partition coefficient (Wildman–Crippen LogP) is 6.51. The fourth-order valence-electron chi connectivity index (χ4n) is 4.85. The standard InChI is InChI=1S/C31H31N3O4S/c1-6-38-24-16-13-20(17-22(24)18(2)3)28(35)26-27(19-11-14-21(15-12-19)33(4)5)34(30(37)29(26)36)31-32-23-9-7-8-10-25(23)39-31/h7-18,27,35H,6H2,1-5H3/b28-26+. The SMILES string of the molecule is CCOc1ccc(/C(O)=C2\C(=O)C(=O)N(c3nc4ccccc4s3)C2c2ccc(N(C)C)cc2)cc1C(C)C. The third-order valence-corrected chi connectivity index (χ3v) is 7.90. The van der Waals surface area contributed by atoms with Crippen LogP contribution < -0.4 is 14.5 Å². The highest BCUT2D eigenvalue weighted by Gasteiger charge is 2.48.